The number of ketones is 1. The van der Waals surface area contributed by atoms with E-state index >= 15 is 0 Å². The zero-order valence-corrected chi connectivity index (χ0v) is 18.0. The van der Waals surface area contributed by atoms with E-state index in [4.69, 9.17) is 0 Å². The van der Waals surface area contributed by atoms with Gasteiger partial charge in [0.15, 0.2) is 17.0 Å². The molecule has 4 nitrogen and oxygen atoms in total. The van der Waals surface area contributed by atoms with E-state index in [1.165, 1.54) is 20.8 Å². The molecular weight excluding hydrogens is 479 g/mol. The number of carbonyl (C=O) groups is 1. The fourth-order valence-electron chi connectivity index (χ4n) is 1.89. The van der Waals surface area contributed by atoms with Crippen LogP contribution in [0.25, 0.3) is 0 Å². The average molecular weight is 501 g/mol. The normalized spacial score (nSPS) is 15.9. The van der Waals surface area contributed by atoms with E-state index in [-0.39, 0.29) is 6.42 Å². The molecule has 0 amide bonds. The maximum atomic E-state index is 13.8. The molecule has 0 spiro atoms. The summed E-state index contributed by atoms with van der Waals surface area (Å²) in [6.07, 6.45) is -6.41. The van der Waals surface area contributed by atoms with Crippen LogP contribution in [0.2, 0.25) is 0 Å². The Balaban J connectivity index is 5.99. The second-order valence-electron chi connectivity index (χ2n) is 7.62. The van der Waals surface area contributed by atoms with Gasteiger partial charge in [0.05, 0.1) is 0 Å². The third-order valence-electron chi connectivity index (χ3n) is 3.34. The van der Waals surface area contributed by atoms with Gasteiger partial charge in [-0.15, -0.1) is 0 Å². The van der Waals surface area contributed by atoms with Crippen LogP contribution < -0.4 is 0 Å². The van der Waals surface area contributed by atoms with Crippen LogP contribution in [-0.2, 0) is 29.7 Å². The first-order valence-corrected chi connectivity index (χ1v) is 11.3. The van der Waals surface area contributed by atoms with E-state index in [2.05, 4.69) is 3.63 Å². The molecule has 0 rings (SSSR count). The highest BCUT2D eigenvalue weighted by atomic mass is 32.3. The molecule has 0 aliphatic carbocycles. The van der Waals surface area contributed by atoms with Gasteiger partial charge in [-0.05, 0) is 10.1 Å². The maximum Gasteiger partial charge on any atom is 0.460 e. The minimum absolute atomic E-state index is 0.119. The van der Waals surface area contributed by atoms with E-state index < -0.39 is 67.3 Å². The third kappa shape index (κ3) is 6.65. The summed E-state index contributed by atoms with van der Waals surface area (Å²) in [5.74, 6) is -16.7. The lowest BCUT2D eigenvalue weighted by Gasteiger charge is -2.32. The van der Waals surface area contributed by atoms with Crippen LogP contribution in [0.15, 0.2) is 0 Å². The molecule has 0 fully saturated rings. The number of Topliss-reactive ketones (excluding diaryl/α,β-unsaturated/α-hetero) is 1. The zero-order valence-electron chi connectivity index (χ0n) is 16.4. The van der Waals surface area contributed by atoms with Gasteiger partial charge in [-0.3, -0.25) is 4.79 Å². The number of hydrogen-bond donors (Lipinski definition) is 0. The quantitative estimate of drug-likeness (QED) is 0.292. The molecule has 0 bridgehead atoms. The average Bonchev–Trinajstić information content (AvgIpc) is 2.48. The number of carbonyl (C=O) groups excluding carboxylic acids is 1. The zero-order chi connectivity index (χ0) is 24.4. The summed E-state index contributed by atoms with van der Waals surface area (Å²) < 4.78 is 144. The molecule has 1 unspecified atom stereocenters. The summed E-state index contributed by atoms with van der Waals surface area (Å²) in [5.41, 5.74) is -0.891. The predicted molar refractivity (Wildman–Crippen MR) is 92.0 cm³/mol. The smallest absolute Gasteiger partial charge is 0.294 e. The lowest BCUT2D eigenvalue weighted by molar-refractivity contribution is -0.382. The molecule has 0 aromatic heterocycles. The molecule has 0 saturated carbocycles. The molecule has 1 atom stereocenters. The van der Waals surface area contributed by atoms with Crippen molar-refractivity contribution in [2.75, 3.05) is 11.5 Å². The largest absolute Gasteiger partial charge is 0.460 e. The topological polar surface area (TPSA) is 60.4 Å². The van der Waals surface area contributed by atoms with E-state index in [0.29, 0.717) is 12.8 Å². The number of hydrogen-bond acceptors (Lipinski definition) is 4. The molecule has 0 N–H and O–H groups in total. The van der Waals surface area contributed by atoms with Crippen LogP contribution in [0.1, 0.15) is 47.0 Å². The Morgan fingerprint density at radius 2 is 1.37 bits per heavy atom. The van der Waals surface area contributed by atoms with E-state index in [1.807, 2.05) is 0 Å². The third-order valence-corrected chi connectivity index (χ3v) is 7.54. The molecule has 0 aliphatic rings. The summed E-state index contributed by atoms with van der Waals surface area (Å²) >= 11 is -2.30. The van der Waals surface area contributed by atoms with Crippen molar-refractivity contribution >= 4 is 27.1 Å². The highest BCUT2D eigenvalue weighted by Gasteiger charge is 2.86. The van der Waals surface area contributed by atoms with Gasteiger partial charge >= 0.3 is 33.4 Å². The minimum Gasteiger partial charge on any atom is -0.294 e. The second-order valence-corrected chi connectivity index (χ2v) is 11.0. The van der Waals surface area contributed by atoms with Crippen molar-refractivity contribution in [1.82, 2.24) is 0 Å². The Hall–Kier alpha value is -0.700. The van der Waals surface area contributed by atoms with Crippen LogP contribution in [0.4, 0.5) is 39.5 Å². The van der Waals surface area contributed by atoms with Crippen molar-refractivity contribution in [3.05, 3.63) is 0 Å². The Kier molecular flexibility index (Phi) is 9.21. The van der Waals surface area contributed by atoms with Gasteiger partial charge in [0.1, 0.15) is 5.75 Å². The van der Waals surface area contributed by atoms with Crippen LogP contribution in [-0.4, -0.2) is 49.0 Å². The van der Waals surface area contributed by atoms with Crippen LogP contribution in [0.5, 0.6) is 0 Å². The lowest BCUT2D eigenvalue weighted by atomic mass is 10.0. The second kappa shape index (κ2) is 9.43. The Morgan fingerprint density at radius 1 is 0.900 bits per heavy atom. The molecule has 0 radical (unpaired) electrons. The summed E-state index contributed by atoms with van der Waals surface area (Å²) in [7, 11) is -7.00. The van der Waals surface area contributed by atoms with Gasteiger partial charge in [0.25, 0.3) is 0 Å². The molecule has 0 aromatic rings. The van der Waals surface area contributed by atoms with Gasteiger partial charge < -0.3 is 0 Å². The number of halogens is 9. The van der Waals surface area contributed by atoms with Crippen LogP contribution in [0, 0.1) is 5.41 Å². The minimum atomic E-state index is -7.38. The van der Waals surface area contributed by atoms with E-state index in [9.17, 15) is 52.7 Å². The van der Waals surface area contributed by atoms with Gasteiger partial charge in [-0.1, -0.05) is 34.1 Å². The lowest BCUT2D eigenvalue weighted by Crippen LogP contribution is -2.63. The molecule has 0 aliphatic heterocycles. The SMILES string of the molecule is CCCCC(=O)C[S+](CC(C)(C)C)OS(=O)(=O)C(F)(F)C(F)(F)C(F)(F)C(F)(F)F. The van der Waals surface area contributed by atoms with Crippen LogP contribution >= 0.6 is 0 Å². The predicted octanol–water partition coefficient (Wildman–Crippen LogP) is 5.10. The summed E-state index contributed by atoms with van der Waals surface area (Å²) in [6, 6.07) is 0. The fourth-order valence-corrected chi connectivity index (χ4v) is 5.65. The molecular formula is C15H22F9O4S2+. The summed E-state index contributed by atoms with van der Waals surface area (Å²) in [5, 5.41) is -6.94. The van der Waals surface area contributed by atoms with Gasteiger partial charge in [-0.25, -0.2) is 0 Å². The van der Waals surface area contributed by atoms with Crippen molar-refractivity contribution in [3.8, 4) is 0 Å². The van der Waals surface area contributed by atoms with Crippen molar-refractivity contribution in [3.63, 3.8) is 0 Å². The van der Waals surface area contributed by atoms with Gasteiger partial charge in [-0.2, -0.15) is 47.9 Å². The Labute approximate surface area is 171 Å². The number of alkyl halides is 9. The number of rotatable bonds is 11. The highest BCUT2D eigenvalue weighted by molar-refractivity contribution is 8.03. The molecule has 0 heterocycles. The molecule has 15 heteroatoms. The number of unbranched alkanes of at least 4 members (excludes halogenated alkanes) is 1. The Morgan fingerprint density at radius 3 is 1.73 bits per heavy atom. The van der Waals surface area contributed by atoms with E-state index in [1.54, 1.807) is 6.92 Å². The van der Waals surface area contributed by atoms with Gasteiger partial charge in [0.2, 0.25) is 5.75 Å². The molecule has 30 heavy (non-hydrogen) atoms. The summed E-state index contributed by atoms with van der Waals surface area (Å²) in [6.45, 7) is 6.05. The van der Waals surface area contributed by atoms with Crippen molar-refractivity contribution < 1.29 is 56.4 Å². The van der Waals surface area contributed by atoms with Crippen molar-refractivity contribution in [1.29, 1.82) is 0 Å². The van der Waals surface area contributed by atoms with Crippen molar-refractivity contribution in [2.24, 2.45) is 5.41 Å². The van der Waals surface area contributed by atoms with E-state index in [0.717, 1.165) is 0 Å². The standard InChI is InChI=1S/C15H22F9O4S2/c1-5-6-7-10(25)8-29(9-11(2,3)4)28-30(26,27)15(23,24)13(18,19)12(16,17)14(20,21)22/h5-9H2,1-4H3/q+1. The maximum absolute atomic E-state index is 13.8. The monoisotopic (exact) mass is 501 g/mol. The van der Waals surface area contributed by atoms with Crippen molar-refractivity contribution in [2.45, 2.75) is 70.2 Å². The summed E-state index contributed by atoms with van der Waals surface area (Å²) in [4.78, 5) is 11.8. The molecule has 0 saturated heterocycles. The fraction of sp³-hybridized carbons (Fsp3) is 0.933. The first kappa shape index (κ1) is 29.3. The molecule has 0 aromatic carbocycles. The highest BCUT2D eigenvalue weighted by Crippen LogP contribution is 2.55. The first-order chi connectivity index (χ1) is 13.0. The van der Waals surface area contributed by atoms with Crippen LogP contribution in [0.3, 0.4) is 0 Å². The molecule has 180 valence electrons. The first-order valence-electron chi connectivity index (χ1n) is 8.37. The Bertz CT molecular complexity index is 698. The van der Waals surface area contributed by atoms with Gasteiger partial charge in [0, 0.05) is 11.8 Å².